The molecule has 6 nitrogen and oxygen atoms in total. The molecule has 0 bridgehead atoms. The number of likely N-dealkylation sites (tertiary alicyclic amines) is 1. The van der Waals surface area contributed by atoms with E-state index in [-0.39, 0.29) is 23.3 Å². The number of aromatic nitrogens is 2. The maximum Gasteiger partial charge on any atom is 0.262 e. The van der Waals surface area contributed by atoms with E-state index in [4.69, 9.17) is 4.98 Å². The minimum Gasteiger partial charge on any atom is -0.351 e. The number of carbonyl (C=O) groups is 1. The highest BCUT2D eigenvalue weighted by Gasteiger charge is 2.25. The van der Waals surface area contributed by atoms with Crippen molar-refractivity contribution < 1.29 is 4.79 Å². The van der Waals surface area contributed by atoms with Gasteiger partial charge in [-0.05, 0) is 36.8 Å². The first kappa shape index (κ1) is 20.7. The molecule has 1 amide bonds. The fraction of sp³-hybridized carbons (Fsp3) is 0.435. The molecule has 3 aromatic rings. The van der Waals surface area contributed by atoms with E-state index >= 15 is 0 Å². The molecule has 0 saturated carbocycles. The molecule has 3 heterocycles. The van der Waals surface area contributed by atoms with Crippen LogP contribution >= 0.6 is 23.1 Å². The second kappa shape index (κ2) is 8.76. The molecule has 1 aliphatic heterocycles. The summed E-state index contributed by atoms with van der Waals surface area (Å²) in [6.45, 7) is 2.77. The monoisotopic (exact) mass is 454 g/mol. The molecule has 1 N–H and O–H groups in total. The summed E-state index contributed by atoms with van der Waals surface area (Å²) in [5.74, 6) is 0.270. The molecular formula is C23H26N4O2S2. The van der Waals surface area contributed by atoms with E-state index in [0.717, 1.165) is 55.5 Å². The summed E-state index contributed by atoms with van der Waals surface area (Å²) in [5, 5.41) is 4.56. The van der Waals surface area contributed by atoms with E-state index in [2.05, 4.69) is 34.5 Å². The molecule has 1 aromatic carbocycles. The molecular weight excluding hydrogens is 428 g/mol. The summed E-state index contributed by atoms with van der Waals surface area (Å²) in [6.07, 6.45) is 4.12. The zero-order valence-electron chi connectivity index (χ0n) is 17.6. The smallest absolute Gasteiger partial charge is 0.262 e. The van der Waals surface area contributed by atoms with Crippen molar-refractivity contribution in [2.45, 2.75) is 43.4 Å². The van der Waals surface area contributed by atoms with Gasteiger partial charge in [-0.15, -0.1) is 11.3 Å². The molecule has 1 aliphatic carbocycles. The van der Waals surface area contributed by atoms with Crippen molar-refractivity contribution in [3.05, 3.63) is 56.7 Å². The topological polar surface area (TPSA) is 67.2 Å². The molecule has 162 valence electrons. The lowest BCUT2D eigenvalue weighted by molar-refractivity contribution is -0.119. The quantitative estimate of drug-likeness (QED) is 0.458. The van der Waals surface area contributed by atoms with Gasteiger partial charge in [0.15, 0.2) is 5.16 Å². The zero-order valence-corrected chi connectivity index (χ0v) is 19.2. The first-order valence-corrected chi connectivity index (χ1v) is 12.6. The summed E-state index contributed by atoms with van der Waals surface area (Å²) < 4.78 is 1.60. The van der Waals surface area contributed by atoms with Gasteiger partial charge in [0.2, 0.25) is 5.91 Å². The SMILES string of the molecule is Cn1c(SCC(=O)NC2CCN(Cc3ccccc3)C2)nc2sc3c(c2c1=O)CCC3. The fourth-order valence-corrected chi connectivity index (χ4v) is 6.66. The molecule has 0 spiro atoms. The Bertz CT molecular complexity index is 1170. The number of thiophene rings is 1. The fourth-order valence-electron chi connectivity index (χ4n) is 4.57. The van der Waals surface area contributed by atoms with E-state index in [0.29, 0.717) is 5.16 Å². The Balaban J connectivity index is 1.18. The lowest BCUT2D eigenvalue weighted by atomic mass is 10.2. The van der Waals surface area contributed by atoms with Gasteiger partial charge in [-0.2, -0.15) is 0 Å². The Labute approximate surface area is 189 Å². The van der Waals surface area contributed by atoms with Crippen LogP contribution in [0.4, 0.5) is 0 Å². The average Bonchev–Trinajstić information content (AvgIpc) is 3.47. The summed E-state index contributed by atoms with van der Waals surface area (Å²) in [7, 11) is 1.76. The van der Waals surface area contributed by atoms with Crippen LogP contribution in [-0.2, 0) is 31.2 Å². The molecule has 31 heavy (non-hydrogen) atoms. The first-order chi connectivity index (χ1) is 15.1. The Morgan fingerprint density at radius 1 is 1.29 bits per heavy atom. The van der Waals surface area contributed by atoms with Gasteiger partial charge < -0.3 is 5.32 Å². The minimum atomic E-state index is -0.000388. The highest BCUT2D eigenvalue weighted by molar-refractivity contribution is 7.99. The van der Waals surface area contributed by atoms with Gasteiger partial charge in [0, 0.05) is 37.6 Å². The van der Waals surface area contributed by atoms with Crippen LogP contribution in [0.15, 0.2) is 40.3 Å². The highest BCUT2D eigenvalue weighted by atomic mass is 32.2. The van der Waals surface area contributed by atoms with Gasteiger partial charge in [0.25, 0.3) is 5.56 Å². The number of nitrogens with zero attached hydrogens (tertiary/aromatic N) is 3. The van der Waals surface area contributed by atoms with Gasteiger partial charge >= 0.3 is 0 Å². The van der Waals surface area contributed by atoms with E-state index in [9.17, 15) is 9.59 Å². The average molecular weight is 455 g/mol. The molecule has 5 rings (SSSR count). The van der Waals surface area contributed by atoms with Crippen LogP contribution in [0.2, 0.25) is 0 Å². The predicted octanol–water partition coefficient (Wildman–Crippen LogP) is 2.97. The Kier molecular flexibility index (Phi) is 5.86. The number of carbonyl (C=O) groups excluding carboxylic acids is 1. The molecule has 8 heteroatoms. The van der Waals surface area contributed by atoms with Gasteiger partial charge in [-0.3, -0.25) is 19.1 Å². The maximum atomic E-state index is 12.9. The molecule has 1 atom stereocenters. The van der Waals surface area contributed by atoms with Crippen LogP contribution in [0.1, 0.15) is 28.8 Å². The van der Waals surface area contributed by atoms with E-state index in [1.54, 1.807) is 23.0 Å². The molecule has 2 aliphatic rings. The van der Waals surface area contributed by atoms with Crippen LogP contribution in [0.25, 0.3) is 10.2 Å². The van der Waals surface area contributed by atoms with Crippen LogP contribution < -0.4 is 10.9 Å². The van der Waals surface area contributed by atoms with Crippen LogP contribution in [0, 0.1) is 0 Å². The van der Waals surface area contributed by atoms with Crippen molar-refractivity contribution in [3.8, 4) is 0 Å². The Morgan fingerprint density at radius 2 is 2.13 bits per heavy atom. The molecule has 2 aromatic heterocycles. The number of thioether (sulfide) groups is 1. The molecule has 0 radical (unpaired) electrons. The maximum absolute atomic E-state index is 12.9. The van der Waals surface area contributed by atoms with Crippen molar-refractivity contribution in [1.82, 2.24) is 19.8 Å². The van der Waals surface area contributed by atoms with Crippen LogP contribution in [-0.4, -0.2) is 45.2 Å². The lowest BCUT2D eigenvalue weighted by Gasteiger charge is -2.17. The Morgan fingerprint density at radius 3 is 2.97 bits per heavy atom. The van der Waals surface area contributed by atoms with Crippen molar-refractivity contribution >= 4 is 39.2 Å². The number of fused-ring (bicyclic) bond motifs is 3. The molecule has 1 saturated heterocycles. The van der Waals surface area contributed by atoms with Crippen molar-refractivity contribution in [2.75, 3.05) is 18.8 Å². The van der Waals surface area contributed by atoms with Crippen molar-refractivity contribution in [2.24, 2.45) is 7.05 Å². The third-order valence-corrected chi connectivity index (χ3v) is 8.34. The van der Waals surface area contributed by atoms with Crippen LogP contribution in [0.3, 0.4) is 0 Å². The van der Waals surface area contributed by atoms with E-state index < -0.39 is 0 Å². The molecule has 1 fully saturated rings. The predicted molar refractivity (Wildman–Crippen MR) is 126 cm³/mol. The van der Waals surface area contributed by atoms with Gasteiger partial charge in [-0.1, -0.05) is 42.1 Å². The summed E-state index contributed by atoms with van der Waals surface area (Å²) in [6, 6.07) is 10.6. The van der Waals surface area contributed by atoms with Gasteiger partial charge in [0.05, 0.1) is 11.1 Å². The summed E-state index contributed by atoms with van der Waals surface area (Å²) >= 11 is 2.99. The second-order valence-corrected chi connectivity index (χ2v) is 10.4. The van der Waals surface area contributed by atoms with Crippen molar-refractivity contribution in [1.29, 1.82) is 0 Å². The Hall–Kier alpha value is -2.16. The number of rotatable bonds is 6. The number of hydrogen-bond donors (Lipinski definition) is 1. The number of benzene rings is 1. The summed E-state index contributed by atoms with van der Waals surface area (Å²) in [4.78, 5) is 34.7. The highest BCUT2D eigenvalue weighted by Crippen LogP contribution is 2.35. The van der Waals surface area contributed by atoms with E-state index in [1.807, 2.05) is 6.07 Å². The van der Waals surface area contributed by atoms with Crippen molar-refractivity contribution in [3.63, 3.8) is 0 Å². The summed E-state index contributed by atoms with van der Waals surface area (Å²) in [5.41, 5.74) is 2.51. The standard InChI is InChI=1S/C23H26N4O2S2/c1-26-22(29)20-17-8-5-9-18(17)31-21(20)25-23(26)30-14-19(28)24-16-10-11-27(13-16)12-15-6-3-2-4-7-15/h2-4,6-7,16H,5,8-14H2,1H3,(H,24,28). The number of hydrogen-bond acceptors (Lipinski definition) is 6. The number of nitrogens with one attached hydrogen (secondary N) is 1. The zero-order chi connectivity index (χ0) is 21.4. The molecule has 1 unspecified atom stereocenters. The lowest BCUT2D eigenvalue weighted by Crippen LogP contribution is -2.38. The van der Waals surface area contributed by atoms with Gasteiger partial charge in [-0.25, -0.2) is 4.98 Å². The van der Waals surface area contributed by atoms with Crippen LogP contribution in [0.5, 0.6) is 0 Å². The second-order valence-electron chi connectivity index (χ2n) is 8.36. The third kappa shape index (κ3) is 4.29. The van der Waals surface area contributed by atoms with E-state index in [1.165, 1.54) is 27.8 Å². The normalized spacial score (nSPS) is 18.5. The van der Waals surface area contributed by atoms with Gasteiger partial charge in [0.1, 0.15) is 4.83 Å². The third-order valence-electron chi connectivity index (χ3n) is 6.12. The largest absolute Gasteiger partial charge is 0.351 e. The number of aryl methyl sites for hydroxylation is 2. The number of amides is 1. The first-order valence-electron chi connectivity index (χ1n) is 10.8. The minimum absolute atomic E-state index is 0.000388.